The predicted molar refractivity (Wildman–Crippen MR) is 69.6 cm³/mol. The van der Waals surface area contributed by atoms with Crippen LogP contribution in [-0.2, 0) is 0 Å². The molecule has 0 radical (unpaired) electrons. The highest BCUT2D eigenvalue weighted by Crippen LogP contribution is 2.21. The van der Waals surface area contributed by atoms with Gasteiger partial charge in [0.2, 0.25) is 11.7 Å². The first-order chi connectivity index (χ1) is 9.10. The predicted octanol–water partition coefficient (Wildman–Crippen LogP) is 2.77. The maximum absolute atomic E-state index is 13.1. The zero-order valence-corrected chi connectivity index (χ0v) is 11.1. The van der Waals surface area contributed by atoms with Crippen molar-refractivity contribution in [3.63, 3.8) is 0 Å². The van der Waals surface area contributed by atoms with Gasteiger partial charge in [0.25, 0.3) is 0 Å². The summed E-state index contributed by atoms with van der Waals surface area (Å²) in [7, 11) is 0. The van der Waals surface area contributed by atoms with E-state index in [2.05, 4.69) is 10.1 Å². The Kier molecular flexibility index (Phi) is 4.49. The lowest BCUT2D eigenvalue weighted by atomic mass is 10.2. The van der Waals surface area contributed by atoms with Crippen molar-refractivity contribution in [1.82, 2.24) is 10.1 Å². The van der Waals surface area contributed by atoms with E-state index in [1.54, 1.807) is 11.8 Å². The first-order valence-corrected chi connectivity index (χ1v) is 7.04. The highest BCUT2D eigenvalue weighted by Gasteiger charge is 2.16. The van der Waals surface area contributed by atoms with E-state index in [1.807, 2.05) is 6.26 Å². The van der Waals surface area contributed by atoms with E-state index in [0.29, 0.717) is 6.42 Å². The van der Waals surface area contributed by atoms with Gasteiger partial charge in [0.15, 0.2) is 0 Å². The quantitative estimate of drug-likeness (QED) is 0.915. The van der Waals surface area contributed by atoms with Crippen molar-refractivity contribution < 1.29 is 13.3 Å². The number of halogens is 2. The summed E-state index contributed by atoms with van der Waals surface area (Å²) < 4.78 is 31.2. The number of hydrogen-bond acceptors (Lipinski definition) is 5. The Hall–Kier alpha value is -1.47. The zero-order chi connectivity index (χ0) is 13.8. The van der Waals surface area contributed by atoms with Crippen molar-refractivity contribution in [2.45, 2.75) is 12.5 Å². The Balaban J connectivity index is 2.20. The minimum Gasteiger partial charge on any atom is -0.337 e. The Labute approximate surface area is 113 Å². The molecule has 4 nitrogen and oxygen atoms in total. The summed E-state index contributed by atoms with van der Waals surface area (Å²) in [6.07, 6.45) is 2.67. The van der Waals surface area contributed by atoms with Gasteiger partial charge >= 0.3 is 0 Å². The molecule has 0 amide bonds. The van der Waals surface area contributed by atoms with E-state index in [0.717, 1.165) is 24.0 Å². The molecule has 1 atom stereocenters. The average Bonchev–Trinajstić information content (AvgIpc) is 2.84. The van der Waals surface area contributed by atoms with Crippen molar-refractivity contribution in [1.29, 1.82) is 0 Å². The van der Waals surface area contributed by atoms with Crippen molar-refractivity contribution >= 4 is 11.8 Å². The summed E-state index contributed by atoms with van der Waals surface area (Å²) in [5, 5.41) is 3.69. The second-order valence-corrected chi connectivity index (χ2v) is 4.99. The van der Waals surface area contributed by atoms with Gasteiger partial charge in [0.05, 0.1) is 6.04 Å². The molecule has 1 heterocycles. The highest BCUT2D eigenvalue weighted by atomic mass is 32.2. The van der Waals surface area contributed by atoms with Gasteiger partial charge in [0, 0.05) is 11.6 Å². The fourth-order valence-electron chi connectivity index (χ4n) is 1.55. The summed E-state index contributed by atoms with van der Waals surface area (Å²) in [5.41, 5.74) is 6.10. The summed E-state index contributed by atoms with van der Waals surface area (Å²) in [5.74, 6) is -0.101. The molecule has 102 valence electrons. The fourth-order valence-corrected chi connectivity index (χ4v) is 2.04. The molecular formula is C12H13F2N3OS. The number of hydrogen-bond donors (Lipinski definition) is 1. The summed E-state index contributed by atoms with van der Waals surface area (Å²) in [4.78, 5) is 4.07. The van der Waals surface area contributed by atoms with Crippen LogP contribution in [0.4, 0.5) is 8.78 Å². The van der Waals surface area contributed by atoms with Crippen LogP contribution in [0.15, 0.2) is 22.7 Å². The van der Waals surface area contributed by atoms with E-state index in [1.165, 1.54) is 0 Å². The molecule has 19 heavy (non-hydrogen) atoms. The molecule has 2 rings (SSSR count). The van der Waals surface area contributed by atoms with Gasteiger partial charge in [0.1, 0.15) is 11.6 Å². The maximum atomic E-state index is 13.1. The van der Waals surface area contributed by atoms with E-state index < -0.39 is 11.6 Å². The van der Waals surface area contributed by atoms with Crippen LogP contribution < -0.4 is 5.73 Å². The Morgan fingerprint density at radius 1 is 1.32 bits per heavy atom. The standard InChI is InChI=1S/C12H13F2N3OS/c1-19-3-2-10(15)12-16-11(17-18-12)7-4-8(13)6-9(14)5-7/h4-6,10H,2-3,15H2,1H3. The Morgan fingerprint density at radius 3 is 2.63 bits per heavy atom. The van der Waals surface area contributed by atoms with Crippen LogP contribution in [0.5, 0.6) is 0 Å². The smallest absolute Gasteiger partial charge is 0.243 e. The lowest BCUT2D eigenvalue weighted by Crippen LogP contribution is -2.11. The molecule has 1 aromatic carbocycles. The Morgan fingerprint density at radius 2 is 2.00 bits per heavy atom. The monoisotopic (exact) mass is 285 g/mol. The molecule has 2 N–H and O–H groups in total. The molecule has 0 fully saturated rings. The molecule has 2 aromatic rings. The molecule has 0 saturated carbocycles. The van der Waals surface area contributed by atoms with Crippen LogP contribution in [0.1, 0.15) is 18.4 Å². The first kappa shape index (κ1) is 14.0. The zero-order valence-electron chi connectivity index (χ0n) is 10.3. The van der Waals surface area contributed by atoms with E-state index in [4.69, 9.17) is 10.3 Å². The molecule has 1 aromatic heterocycles. The van der Waals surface area contributed by atoms with Gasteiger partial charge in [-0.15, -0.1) is 0 Å². The van der Waals surface area contributed by atoms with E-state index in [9.17, 15) is 8.78 Å². The van der Waals surface area contributed by atoms with Gasteiger partial charge < -0.3 is 10.3 Å². The largest absolute Gasteiger partial charge is 0.337 e. The normalized spacial score (nSPS) is 12.6. The van der Waals surface area contributed by atoms with Crippen LogP contribution in [-0.4, -0.2) is 22.1 Å². The van der Waals surface area contributed by atoms with E-state index in [-0.39, 0.29) is 23.3 Å². The highest BCUT2D eigenvalue weighted by molar-refractivity contribution is 7.98. The van der Waals surface area contributed by atoms with Crippen LogP contribution >= 0.6 is 11.8 Å². The topological polar surface area (TPSA) is 64.9 Å². The van der Waals surface area contributed by atoms with Crippen LogP contribution in [0.25, 0.3) is 11.4 Å². The fraction of sp³-hybridized carbons (Fsp3) is 0.333. The minimum atomic E-state index is -0.687. The summed E-state index contributed by atoms with van der Waals surface area (Å²) in [6, 6.07) is 2.71. The molecule has 0 spiro atoms. The molecule has 1 unspecified atom stereocenters. The van der Waals surface area contributed by atoms with Crippen LogP contribution in [0, 0.1) is 11.6 Å². The molecule has 0 aliphatic carbocycles. The van der Waals surface area contributed by atoms with Gasteiger partial charge in [-0.3, -0.25) is 0 Å². The number of benzene rings is 1. The molecule has 0 saturated heterocycles. The van der Waals surface area contributed by atoms with Crippen LogP contribution in [0.2, 0.25) is 0 Å². The molecule has 0 aliphatic rings. The van der Waals surface area contributed by atoms with Gasteiger partial charge in [-0.1, -0.05) is 5.16 Å². The average molecular weight is 285 g/mol. The third kappa shape index (κ3) is 3.51. The number of nitrogens with two attached hydrogens (primary N) is 1. The lowest BCUT2D eigenvalue weighted by Gasteiger charge is -2.03. The lowest BCUT2D eigenvalue weighted by molar-refractivity contribution is 0.353. The number of thioether (sulfide) groups is 1. The van der Waals surface area contributed by atoms with Gasteiger partial charge in [-0.25, -0.2) is 8.78 Å². The third-order valence-electron chi connectivity index (χ3n) is 2.51. The number of rotatable bonds is 5. The number of aromatic nitrogens is 2. The van der Waals surface area contributed by atoms with Crippen molar-refractivity contribution in [3.05, 3.63) is 35.7 Å². The summed E-state index contributed by atoms with van der Waals surface area (Å²) in [6.45, 7) is 0. The molecule has 0 bridgehead atoms. The van der Waals surface area contributed by atoms with Crippen molar-refractivity contribution in [2.24, 2.45) is 5.73 Å². The van der Waals surface area contributed by atoms with Gasteiger partial charge in [-0.05, 0) is 30.6 Å². The summed E-state index contributed by atoms with van der Waals surface area (Å²) >= 11 is 1.66. The SMILES string of the molecule is CSCCC(N)c1nc(-c2cc(F)cc(F)c2)no1. The van der Waals surface area contributed by atoms with E-state index >= 15 is 0 Å². The maximum Gasteiger partial charge on any atom is 0.243 e. The van der Waals surface area contributed by atoms with Gasteiger partial charge in [-0.2, -0.15) is 16.7 Å². The second kappa shape index (κ2) is 6.12. The Bertz CT molecular complexity index is 541. The molecule has 7 heteroatoms. The molecule has 0 aliphatic heterocycles. The molecular weight excluding hydrogens is 272 g/mol. The van der Waals surface area contributed by atoms with Crippen LogP contribution in [0.3, 0.4) is 0 Å². The second-order valence-electron chi connectivity index (χ2n) is 4.00. The van der Waals surface area contributed by atoms with Crippen molar-refractivity contribution in [3.8, 4) is 11.4 Å². The minimum absolute atomic E-state index is 0.132. The van der Waals surface area contributed by atoms with Crippen molar-refractivity contribution in [2.75, 3.05) is 12.0 Å². The first-order valence-electron chi connectivity index (χ1n) is 5.64. The third-order valence-corrected chi connectivity index (χ3v) is 3.16. The number of nitrogens with zero attached hydrogens (tertiary/aromatic N) is 2.